The molecule has 7 nitrogen and oxygen atoms in total. The first-order chi connectivity index (χ1) is 12.6. The molecule has 2 fully saturated rings. The number of nitriles is 1. The summed E-state index contributed by atoms with van der Waals surface area (Å²) in [6, 6.07) is 8.81. The summed E-state index contributed by atoms with van der Waals surface area (Å²) in [5.74, 6) is -1.56. The molecule has 2 amide bonds. The second kappa shape index (κ2) is 8.00. The lowest BCUT2D eigenvalue weighted by molar-refractivity contribution is -0.151. The van der Waals surface area contributed by atoms with Crippen molar-refractivity contribution < 1.29 is 19.1 Å². The van der Waals surface area contributed by atoms with E-state index < -0.39 is 24.4 Å². The van der Waals surface area contributed by atoms with E-state index in [1.807, 2.05) is 6.07 Å². The lowest BCUT2D eigenvalue weighted by Crippen LogP contribution is -2.35. The molecule has 1 aromatic rings. The number of amides is 2. The minimum absolute atomic E-state index is 0.00810. The molecule has 1 aromatic carbocycles. The molecule has 26 heavy (non-hydrogen) atoms. The van der Waals surface area contributed by atoms with Crippen molar-refractivity contribution >= 4 is 23.5 Å². The van der Waals surface area contributed by atoms with Gasteiger partial charge in [0.2, 0.25) is 5.91 Å². The molecule has 1 aliphatic carbocycles. The van der Waals surface area contributed by atoms with Gasteiger partial charge in [0, 0.05) is 19.0 Å². The summed E-state index contributed by atoms with van der Waals surface area (Å²) in [5, 5.41) is 11.6. The standard InChI is InChI=1S/C19H21N3O4/c20-10-13-5-1-4-8-16(13)21-17(23)12-26-19(25)14-9-18(24)22(11-14)15-6-2-3-7-15/h1,4-5,8,14-15H,2-3,6-7,9,11-12H2,(H,21,23)/t14-/m0/s1. The Bertz CT molecular complexity index is 749. The molecular formula is C19H21N3O4. The minimum atomic E-state index is -0.525. The van der Waals surface area contributed by atoms with Gasteiger partial charge in [-0.3, -0.25) is 14.4 Å². The molecule has 0 bridgehead atoms. The normalized spacial score (nSPS) is 20.0. The Kier molecular flexibility index (Phi) is 5.52. The predicted molar refractivity (Wildman–Crippen MR) is 92.8 cm³/mol. The lowest BCUT2D eigenvalue weighted by Gasteiger charge is -2.23. The quantitative estimate of drug-likeness (QED) is 0.812. The molecule has 1 N–H and O–H groups in total. The Labute approximate surface area is 151 Å². The van der Waals surface area contributed by atoms with Crippen LogP contribution in [-0.4, -0.2) is 41.9 Å². The molecule has 7 heteroatoms. The van der Waals surface area contributed by atoms with E-state index in [-0.39, 0.29) is 18.4 Å². The fraction of sp³-hybridized carbons (Fsp3) is 0.474. The van der Waals surface area contributed by atoms with Crippen LogP contribution in [0.25, 0.3) is 0 Å². The van der Waals surface area contributed by atoms with Crippen molar-refractivity contribution in [3.63, 3.8) is 0 Å². The third-order valence-electron chi connectivity index (χ3n) is 4.92. The molecule has 1 heterocycles. The number of benzene rings is 1. The van der Waals surface area contributed by atoms with Gasteiger partial charge < -0.3 is 15.0 Å². The first-order valence-corrected chi connectivity index (χ1v) is 8.83. The van der Waals surface area contributed by atoms with E-state index in [2.05, 4.69) is 5.32 Å². The number of esters is 1. The van der Waals surface area contributed by atoms with Crippen molar-refractivity contribution in [2.24, 2.45) is 5.92 Å². The number of anilines is 1. The number of nitrogens with zero attached hydrogens (tertiary/aromatic N) is 2. The van der Waals surface area contributed by atoms with Crippen molar-refractivity contribution in [1.29, 1.82) is 5.26 Å². The SMILES string of the molecule is N#Cc1ccccc1NC(=O)COC(=O)[C@H]1CC(=O)N(C2CCCC2)C1. The monoisotopic (exact) mass is 355 g/mol. The molecular weight excluding hydrogens is 334 g/mol. The topological polar surface area (TPSA) is 99.5 Å². The van der Waals surface area contributed by atoms with E-state index in [9.17, 15) is 14.4 Å². The maximum Gasteiger partial charge on any atom is 0.311 e. The number of hydrogen-bond donors (Lipinski definition) is 1. The number of likely N-dealkylation sites (tertiary alicyclic amines) is 1. The largest absolute Gasteiger partial charge is 0.455 e. The summed E-state index contributed by atoms with van der Waals surface area (Å²) in [6.07, 6.45) is 4.37. The van der Waals surface area contributed by atoms with E-state index in [4.69, 9.17) is 10.00 Å². The van der Waals surface area contributed by atoms with Crippen LogP contribution in [0.4, 0.5) is 5.69 Å². The van der Waals surface area contributed by atoms with Crippen LogP contribution in [0.1, 0.15) is 37.7 Å². The zero-order valence-corrected chi connectivity index (χ0v) is 14.4. The van der Waals surface area contributed by atoms with Crippen LogP contribution in [0.3, 0.4) is 0 Å². The minimum Gasteiger partial charge on any atom is -0.455 e. The lowest BCUT2D eigenvalue weighted by atomic mass is 10.1. The Morgan fingerprint density at radius 2 is 2.00 bits per heavy atom. The second-order valence-corrected chi connectivity index (χ2v) is 6.70. The molecule has 0 unspecified atom stereocenters. The zero-order valence-electron chi connectivity index (χ0n) is 14.4. The van der Waals surface area contributed by atoms with Crippen LogP contribution in [-0.2, 0) is 19.1 Å². The van der Waals surface area contributed by atoms with Crippen LogP contribution in [0, 0.1) is 17.2 Å². The summed E-state index contributed by atoms with van der Waals surface area (Å²) in [6.45, 7) is -0.0616. The smallest absolute Gasteiger partial charge is 0.311 e. The van der Waals surface area contributed by atoms with E-state index >= 15 is 0 Å². The van der Waals surface area contributed by atoms with Gasteiger partial charge in [0.25, 0.3) is 5.91 Å². The van der Waals surface area contributed by atoms with Gasteiger partial charge in [0.1, 0.15) is 6.07 Å². The average molecular weight is 355 g/mol. The highest BCUT2D eigenvalue weighted by Gasteiger charge is 2.39. The van der Waals surface area contributed by atoms with Crippen LogP contribution < -0.4 is 5.32 Å². The molecule has 1 saturated carbocycles. The summed E-state index contributed by atoms with van der Waals surface area (Å²) in [4.78, 5) is 38.1. The van der Waals surface area contributed by atoms with Gasteiger partial charge in [0.15, 0.2) is 6.61 Å². The van der Waals surface area contributed by atoms with Crippen molar-refractivity contribution in [3.05, 3.63) is 29.8 Å². The highest BCUT2D eigenvalue weighted by atomic mass is 16.5. The van der Waals surface area contributed by atoms with Gasteiger partial charge >= 0.3 is 5.97 Å². The van der Waals surface area contributed by atoms with Crippen LogP contribution >= 0.6 is 0 Å². The number of hydrogen-bond acceptors (Lipinski definition) is 5. The number of nitrogens with one attached hydrogen (secondary N) is 1. The van der Waals surface area contributed by atoms with Crippen molar-refractivity contribution in [2.45, 2.75) is 38.1 Å². The van der Waals surface area contributed by atoms with Gasteiger partial charge in [-0.05, 0) is 25.0 Å². The maximum atomic E-state index is 12.2. The molecule has 1 atom stereocenters. The summed E-state index contributed by atoms with van der Waals surface area (Å²) >= 11 is 0. The predicted octanol–water partition coefficient (Wildman–Crippen LogP) is 1.83. The number of para-hydroxylation sites is 1. The molecule has 1 aliphatic heterocycles. The summed E-state index contributed by atoms with van der Waals surface area (Å²) in [5.41, 5.74) is 0.709. The van der Waals surface area contributed by atoms with Crippen molar-refractivity contribution in [3.8, 4) is 6.07 Å². The third kappa shape index (κ3) is 4.02. The molecule has 136 valence electrons. The van der Waals surface area contributed by atoms with Gasteiger partial charge in [-0.15, -0.1) is 0 Å². The number of carbonyl (C=O) groups excluding carboxylic acids is 3. The Morgan fingerprint density at radius 3 is 2.73 bits per heavy atom. The Morgan fingerprint density at radius 1 is 1.27 bits per heavy atom. The molecule has 0 aromatic heterocycles. The fourth-order valence-corrected chi connectivity index (χ4v) is 3.59. The number of rotatable bonds is 5. The summed E-state index contributed by atoms with van der Waals surface area (Å²) < 4.78 is 5.08. The third-order valence-corrected chi connectivity index (χ3v) is 4.92. The van der Waals surface area contributed by atoms with E-state index in [0.29, 0.717) is 17.8 Å². The van der Waals surface area contributed by atoms with Gasteiger partial charge in [-0.25, -0.2) is 0 Å². The molecule has 3 rings (SSSR count). The van der Waals surface area contributed by atoms with Crippen molar-refractivity contribution in [2.75, 3.05) is 18.5 Å². The molecule has 0 spiro atoms. The van der Waals surface area contributed by atoms with E-state index in [0.717, 1.165) is 25.7 Å². The van der Waals surface area contributed by atoms with Crippen molar-refractivity contribution in [1.82, 2.24) is 4.90 Å². The van der Waals surface area contributed by atoms with Crippen LogP contribution in [0.5, 0.6) is 0 Å². The van der Waals surface area contributed by atoms with Gasteiger partial charge in [0.05, 0.1) is 17.2 Å². The number of ether oxygens (including phenoxy) is 1. The van der Waals surface area contributed by atoms with E-state index in [1.165, 1.54) is 0 Å². The average Bonchev–Trinajstić information content (AvgIpc) is 3.29. The maximum absolute atomic E-state index is 12.2. The van der Waals surface area contributed by atoms with E-state index in [1.54, 1.807) is 29.2 Å². The summed E-state index contributed by atoms with van der Waals surface area (Å²) in [7, 11) is 0. The molecule has 1 saturated heterocycles. The highest BCUT2D eigenvalue weighted by molar-refractivity contribution is 5.94. The number of carbonyl (C=O) groups is 3. The molecule has 0 radical (unpaired) electrons. The van der Waals surface area contributed by atoms with Crippen LogP contribution in [0.15, 0.2) is 24.3 Å². The van der Waals surface area contributed by atoms with Gasteiger partial charge in [-0.2, -0.15) is 5.26 Å². The fourth-order valence-electron chi connectivity index (χ4n) is 3.59. The first kappa shape index (κ1) is 17.9. The Balaban J connectivity index is 1.49. The zero-order chi connectivity index (χ0) is 18.5. The highest BCUT2D eigenvalue weighted by Crippen LogP contribution is 2.29. The van der Waals surface area contributed by atoms with Gasteiger partial charge in [-0.1, -0.05) is 25.0 Å². The molecule has 2 aliphatic rings. The van der Waals surface area contributed by atoms with Crippen LogP contribution in [0.2, 0.25) is 0 Å². The Hall–Kier alpha value is -2.88. The second-order valence-electron chi connectivity index (χ2n) is 6.70. The first-order valence-electron chi connectivity index (χ1n) is 8.83.